The first-order valence-corrected chi connectivity index (χ1v) is 13.6. The average molecular weight is 690 g/mol. The Labute approximate surface area is 262 Å². The van der Waals surface area contributed by atoms with Gasteiger partial charge >= 0.3 is 24.3 Å². The Morgan fingerprint density at radius 2 is 1.56 bits per heavy atom. The molecule has 2 fully saturated rings. The number of nitrogens with zero attached hydrogens (tertiary/aromatic N) is 3. The van der Waals surface area contributed by atoms with Gasteiger partial charge in [-0.05, 0) is 42.7 Å². The predicted octanol–water partition coefficient (Wildman–Crippen LogP) is 3.81. The van der Waals surface area contributed by atoms with E-state index in [2.05, 4.69) is 25.4 Å². The van der Waals surface area contributed by atoms with E-state index in [0.717, 1.165) is 38.0 Å². The minimum atomic E-state index is -5.08. The van der Waals surface area contributed by atoms with E-state index in [-0.39, 0.29) is 11.8 Å². The van der Waals surface area contributed by atoms with E-state index in [1.807, 2.05) is 18.3 Å². The zero-order valence-electron chi connectivity index (χ0n) is 23.1. The molecule has 4 N–H and O–H groups in total. The van der Waals surface area contributed by atoms with E-state index in [1.54, 1.807) is 24.4 Å². The SMILES string of the molecule is O=C(NCCN1CCC2(CC1)C(=O)NCN2Cc1cccnc1)c1ccc(Cl)c(Cl)c1.O=C(O)C(F)(F)F.O=C(O)C(F)(F)F. The normalized spacial score (nSPS) is 16.5. The summed E-state index contributed by atoms with van der Waals surface area (Å²) in [5.74, 6) is -5.58. The summed E-state index contributed by atoms with van der Waals surface area (Å²) in [6.07, 6.45) is -5.03. The summed E-state index contributed by atoms with van der Waals surface area (Å²) in [5.41, 5.74) is 1.13. The summed E-state index contributed by atoms with van der Waals surface area (Å²) in [6, 6.07) is 8.80. The van der Waals surface area contributed by atoms with Gasteiger partial charge in [0.25, 0.3) is 5.91 Å². The summed E-state index contributed by atoms with van der Waals surface area (Å²) < 4.78 is 63.5. The van der Waals surface area contributed by atoms with Crippen LogP contribution in [-0.2, 0) is 20.9 Å². The van der Waals surface area contributed by atoms with Crippen molar-refractivity contribution in [2.45, 2.75) is 37.3 Å². The molecule has 2 amide bonds. The fourth-order valence-corrected chi connectivity index (χ4v) is 4.60. The van der Waals surface area contributed by atoms with Crippen LogP contribution < -0.4 is 10.6 Å². The van der Waals surface area contributed by atoms with Crippen LogP contribution in [0.2, 0.25) is 10.0 Å². The molecule has 0 atom stereocenters. The number of amides is 2. The van der Waals surface area contributed by atoms with Crippen molar-refractivity contribution in [3.63, 3.8) is 0 Å². The topological polar surface area (TPSA) is 152 Å². The second-order valence-electron chi connectivity index (χ2n) is 9.59. The Hall–Kier alpha value is -3.67. The fourth-order valence-electron chi connectivity index (χ4n) is 4.30. The van der Waals surface area contributed by atoms with Crippen LogP contribution >= 0.6 is 23.2 Å². The molecule has 4 rings (SSSR count). The molecule has 3 heterocycles. The summed E-state index contributed by atoms with van der Waals surface area (Å²) >= 11 is 11.9. The highest BCUT2D eigenvalue weighted by molar-refractivity contribution is 6.42. The molecule has 2 aromatic rings. The maximum atomic E-state index is 12.7. The molecule has 0 radical (unpaired) electrons. The molecular weight excluding hydrogens is 663 g/mol. The number of carboxylic acid groups (broad SMARTS) is 2. The van der Waals surface area contributed by atoms with Gasteiger partial charge in [-0.2, -0.15) is 26.3 Å². The maximum absolute atomic E-state index is 12.7. The molecule has 19 heteroatoms. The number of benzene rings is 1. The van der Waals surface area contributed by atoms with Crippen molar-refractivity contribution in [2.75, 3.05) is 32.8 Å². The van der Waals surface area contributed by atoms with Gasteiger partial charge in [0.15, 0.2) is 0 Å². The van der Waals surface area contributed by atoms with Crippen LogP contribution in [0.15, 0.2) is 42.7 Å². The molecule has 2 saturated heterocycles. The van der Waals surface area contributed by atoms with Crippen LogP contribution in [0.1, 0.15) is 28.8 Å². The van der Waals surface area contributed by atoms with Crippen molar-refractivity contribution in [3.05, 3.63) is 63.9 Å². The molecule has 1 aromatic heterocycles. The molecule has 248 valence electrons. The van der Waals surface area contributed by atoms with Gasteiger partial charge < -0.3 is 25.7 Å². The number of alkyl halides is 6. The minimum Gasteiger partial charge on any atom is -0.475 e. The number of nitrogens with one attached hydrogen (secondary N) is 2. The highest BCUT2D eigenvalue weighted by Gasteiger charge is 2.49. The Kier molecular flexibility index (Phi) is 13.4. The number of halogens is 8. The number of carbonyl (C=O) groups is 4. The molecule has 0 aliphatic carbocycles. The number of carbonyl (C=O) groups excluding carboxylic acids is 2. The molecule has 0 bridgehead atoms. The number of piperidine rings is 1. The van der Waals surface area contributed by atoms with Crippen LogP contribution in [0.5, 0.6) is 0 Å². The number of pyridine rings is 1. The molecule has 0 saturated carbocycles. The number of hydrogen-bond acceptors (Lipinski definition) is 7. The van der Waals surface area contributed by atoms with E-state index >= 15 is 0 Å². The summed E-state index contributed by atoms with van der Waals surface area (Å²) in [6.45, 7) is 4.13. The van der Waals surface area contributed by atoms with Gasteiger partial charge in [0.05, 0.1) is 16.7 Å². The van der Waals surface area contributed by atoms with Gasteiger partial charge in [-0.25, -0.2) is 9.59 Å². The molecule has 2 aliphatic heterocycles. The van der Waals surface area contributed by atoms with Gasteiger partial charge in [-0.1, -0.05) is 29.3 Å². The Bertz CT molecular complexity index is 1320. The zero-order valence-corrected chi connectivity index (χ0v) is 24.6. The van der Waals surface area contributed by atoms with Crippen molar-refractivity contribution < 1.29 is 55.7 Å². The first kappa shape index (κ1) is 37.5. The summed E-state index contributed by atoms with van der Waals surface area (Å²) in [7, 11) is 0. The predicted molar refractivity (Wildman–Crippen MR) is 147 cm³/mol. The first-order valence-electron chi connectivity index (χ1n) is 12.8. The molecule has 1 aromatic carbocycles. The fraction of sp³-hybridized carbons (Fsp3) is 0.423. The highest BCUT2D eigenvalue weighted by atomic mass is 35.5. The van der Waals surface area contributed by atoms with Gasteiger partial charge in [0, 0.05) is 50.7 Å². The van der Waals surface area contributed by atoms with Crippen LogP contribution in [0.25, 0.3) is 0 Å². The van der Waals surface area contributed by atoms with Crippen molar-refractivity contribution in [1.82, 2.24) is 25.4 Å². The van der Waals surface area contributed by atoms with Gasteiger partial charge in [0.1, 0.15) is 5.54 Å². The van der Waals surface area contributed by atoms with E-state index in [9.17, 15) is 35.9 Å². The summed E-state index contributed by atoms with van der Waals surface area (Å²) in [5, 5.41) is 21.0. The lowest BCUT2D eigenvalue weighted by Crippen LogP contribution is -2.56. The third-order valence-electron chi connectivity index (χ3n) is 6.62. The third kappa shape index (κ3) is 11.3. The standard InChI is InChI=1S/C22H25Cl2N5O2.2C2HF3O2/c23-18-4-3-17(12-19(18)24)20(30)26-8-11-28-9-5-22(6-10-28)21(31)27-15-29(22)14-16-2-1-7-25-13-16;2*3-2(4,5)1(6)7/h1-4,7,12-13H,5-6,8-11,14-15H2,(H,26,30)(H,27,31);2*(H,6,7). The van der Waals surface area contributed by atoms with Gasteiger partial charge in [-0.3, -0.25) is 19.5 Å². The Balaban J connectivity index is 0.000000421. The quantitative estimate of drug-likeness (QED) is 0.332. The lowest BCUT2D eigenvalue weighted by Gasteiger charge is -2.42. The number of aliphatic carboxylic acids is 2. The number of hydrogen-bond donors (Lipinski definition) is 4. The van der Waals surface area contributed by atoms with Crippen LogP contribution in [0.4, 0.5) is 26.3 Å². The van der Waals surface area contributed by atoms with Crippen molar-refractivity contribution in [1.29, 1.82) is 0 Å². The molecular formula is C26H27Cl2F6N5O6. The third-order valence-corrected chi connectivity index (χ3v) is 7.36. The second kappa shape index (κ2) is 16.1. The average Bonchev–Trinajstić information content (AvgIpc) is 3.25. The lowest BCUT2D eigenvalue weighted by molar-refractivity contribution is -0.193. The van der Waals surface area contributed by atoms with Crippen LogP contribution in [0.3, 0.4) is 0 Å². The maximum Gasteiger partial charge on any atom is 0.490 e. The van der Waals surface area contributed by atoms with E-state index < -0.39 is 29.8 Å². The van der Waals surface area contributed by atoms with E-state index in [0.29, 0.717) is 35.4 Å². The van der Waals surface area contributed by atoms with E-state index in [4.69, 9.17) is 43.0 Å². The van der Waals surface area contributed by atoms with Crippen molar-refractivity contribution in [3.8, 4) is 0 Å². The number of aromatic nitrogens is 1. The van der Waals surface area contributed by atoms with E-state index in [1.165, 1.54) is 0 Å². The van der Waals surface area contributed by atoms with Crippen molar-refractivity contribution >= 4 is 47.0 Å². The second-order valence-corrected chi connectivity index (χ2v) is 10.4. The molecule has 45 heavy (non-hydrogen) atoms. The zero-order chi connectivity index (χ0) is 34.0. The van der Waals surface area contributed by atoms with Gasteiger partial charge in [0.2, 0.25) is 5.91 Å². The Morgan fingerprint density at radius 3 is 2.04 bits per heavy atom. The Morgan fingerprint density at radius 1 is 0.978 bits per heavy atom. The molecule has 11 nitrogen and oxygen atoms in total. The largest absolute Gasteiger partial charge is 0.490 e. The monoisotopic (exact) mass is 689 g/mol. The number of carboxylic acids is 2. The van der Waals surface area contributed by atoms with Gasteiger partial charge in [-0.15, -0.1) is 0 Å². The van der Waals surface area contributed by atoms with Crippen LogP contribution in [-0.4, -0.2) is 99.5 Å². The minimum absolute atomic E-state index is 0.115. The van der Waals surface area contributed by atoms with Crippen molar-refractivity contribution in [2.24, 2.45) is 0 Å². The first-order chi connectivity index (χ1) is 20.9. The smallest absolute Gasteiger partial charge is 0.475 e. The molecule has 0 unspecified atom stereocenters. The number of rotatable bonds is 6. The lowest BCUT2D eigenvalue weighted by atomic mass is 9.86. The van der Waals surface area contributed by atoms with Crippen LogP contribution in [0, 0.1) is 0 Å². The highest BCUT2D eigenvalue weighted by Crippen LogP contribution is 2.33. The summed E-state index contributed by atoms with van der Waals surface area (Å²) in [4.78, 5) is 51.5. The molecule has 2 aliphatic rings. The molecule has 1 spiro atoms. The number of likely N-dealkylation sites (tertiary alicyclic amines) is 1.